The molecule has 78 heavy (non-hydrogen) atoms. The molecule has 2 saturated heterocycles. The zero-order chi connectivity index (χ0) is 57.3. The molecule has 0 radical (unpaired) electrons. The van der Waals surface area contributed by atoms with Crippen LogP contribution in [0.3, 0.4) is 0 Å². The lowest BCUT2D eigenvalue weighted by atomic mass is 9.90. The molecule has 10 atom stereocenters. The summed E-state index contributed by atoms with van der Waals surface area (Å²) in [6, 6.07) is 7.10. The van der Waals surface area contributed by atoms with Crippen LogP contribution in [0, 0.1) is 5.92 Å². The van der Waals surface area contributed by atoms with Crippen LogP contribution in [0.4, 0.5) is 11.4 Å². The molecule has 0 amide bonds. The third-order valence-electron chi connectivity index (χ3n) is 12.8. The SMILES string of the molecule is CCN1C(=CC=Cc2n(CCCO[C@H]3OC(C(=O)OC)[C@H](OC(C)=O)[C@H](C)C3OC(C)=O)c3cc(Cl)c(Cl)cc3[n+]2CCCO[C@@H]2OC(C(=O)OC)[C@@H](OC(C)=O)[C@@H](OC(C)=O)C2OC(C)=O)N(CC)c2cc(Cl)c(Cl)cc21. The Balaban J connectivity index is 1.36. The van der Waals surface area contributed by atoms with E-state index in [1.165, 1.54) is 13.8 Å². The van der Waals surface area contributed by atoms with E-state index in [1.54, 1.807) is 19.1 Å². The van der Waals surface area contributed by atoms with Crippen molar-refractivity contribution in [1.82, 2.24) is 4.57 Å². The fraction of sp³-hybridized carbons (Fsp3) is 0.538. The van der Waals surface area contributed by atoms with E-state index >= 15 is 0 Å². The number of rotatable bonds is 21. The van der Waals surface area contributed by atoms with Crippen molar-refractivity contribution in [2.24, 2.45) is 5.92 Å². The minimum absolute atomic E-state index is 0.00623. The molecule has 426 valence electrons. The highest BCUT2D eigenvalue weighted by Crippen LogP contribution is 2.45. The van der Waals surface area contributed by atoms with Crippen molar-refractivity contribution in [2.45, 2.75) is 137 Å². The van der Waals surface area contributed by atoms with E-state index in [1.807, 2.05) is 53.3 Å². The van der Waals surface area contributed by atoms with Gasteiger partial charge in [0.2, 0.25) is 0 Å². The number of methoxy groups -OCH3 is 2. The van der Waals surface area contributed by atoms with Gasteiger partial charge in [0.05, 0.1) is 72.0 Å². The zero-order valence-electron chi connectivity index (χ0n) is 44.6. The monoisotopic (exact) mass is 1170 g/mol. The van der Waals surface area contributed by atoms with Gasteiger partial charge in [0.25, 0.3) is 5.82 Å². The maximum absolute atomic E-state index is 13.1. The predicted molar refractivity (Wildman–Crippen MR) is 281 cm³/mol. The van der Waals surface area contributed by atoms with Crippen LogP contribution in [0.2, 0.25) is 20.1 Å². The zero-order valence-corrected chi connectivity index (χ0v) is 47.6. The van der Waals surface area contributed by atoms with Gasteiger partial charge in [-0.25, -0.2) is 18.7 Å². The third-order valence-corrected chi connectivity index (χ3v) is 14.2. The van der Waals surface area contributed by atoms with Gasteiger partial charge in [-0.15, -0.1) is 0 Å². The molecule has 0 saturated carbocycles. The summed E-state index contributed by atoms with van der Waals surface area (Å²) in [4.78, 5) is 91.9. The summed E-state index contributed by atoms with van der Waals surface area (Å²) in [5.74, 6) is -4.92. The van der Waals surface area contributed by atoms with Gasteiger partial charge in [-0.2, -0.15) is 0 Å². The van der Waals surface area contributed by atoms with Gasteiger partial charge >= 0.3 is 41.8 Å². The Labute approximate surface area is 470 Å². The van der Waals surface area contributed by atoms with Crippen LogP contribution in [0.25, 0.3) is 17.1 Å². The third kappa shape index (κ3) is 14.2. The van der Waals surface area contributed by atoms with Crippen LogP contribution in [0.1, 0.15) is 74.1 Å². The molecular weight excluding hydrogens is 1110 g/mol. The number of carbonyl (C=O) groups is 7. The molecule has 0 bridgehead atoms. The Hall–Kier alpha value is -5.72. The number of benzene rings is 2. The van der Waals surface area contributed by atoms with E-state index in [0.717, 1.165) is 52.2 Å². The van der Waals surface area contributed by atoms with E-state index in [9.17, 15) is 33.6 Å². The van der Waals surface area contributed by atoms with E-state index < -0.39 is 103 Å². The summed E-state index contributed by atoms with van der Waals surface area (Å²) in [5, 5.41) is 1.34. The van der Waals surface area contributed by atoms with Crippen LogP contribution in [-0.4, -0.2) is 142 Å². The number of allylic oxidation sites excluding steroid dienone is 2. The Morgan fingerprint density at radius 3 is 1.58 bits per heavy atom. The second-order valence-electron chi connectivity index (χ2n) is 18.1. The van der Waals surface area contributed by atoms with Gasteiger partial charge in [-0.05, 0) is 32.1 Å². The first-order valence-electron chi connectivity index (χ1n) is 24.9. The molecule has 4 heterocycles. The molecule has 2 fully saturated rings. The van der Waals surface area contributed by atoms with E-state index in [2.05, 4.69) is 9.80 Å². The van der Waals surface area contributed by atoms with E-state index in [4.69, 9.17) is 98.5 Å². The summed E-state index contributed by atoms with van der Waals surface area (Å²) >= 11 is 26.5. The van der Waals surface area contributed by atoms with Crippen molar-refractivity contribution in [2.75, 3.05) is 50.3 Å². The Kier molecular flexibility index (Phi) is 21.6. The summed E-state index contributed by atoms with van der Waals surface area (Å²) in [6.07, 6.45) is -6.46. The van der Waals surface area contributed by atoms with Gasteiger partial charge < -0.3 is 61.9 Å². The van der Waals surface area contributed by atoms with E-state index in [-0.39, 0.29) is 42.8 Å². The van der Waals surface area contributed by atoms with Gasteiger partial charge in [-0.3, -0.25) is 24.0 Å². The summed E-state index contributed by atoms with van der Waals surface area (Å²) in [7, 11) is 2.25. The van der Waals surface area contributed by atoms with Crippen molar-refractivity contribution in [3.05, 3.63) is 68.2 Å². The molecule has 0 spiro atoms. The highest BCUT2D eigenvalue weighted by atomic mass is 35.5. The molecule has 3 aliphatic heterocycles. The minimum Gasteiger partial charge on any atom is -0.467 e. The number of imidazole rings is 1. The van der Waals surface area contributed by atoms with Crippen LogP contribution in [0.15, 0.2) is 42.2 Å². The summed E-state index contributed by atoms with van der Waals surface area (Å²) < 4.78 is 65.9. The molecule has 1 aromatic heterocycles. The number of esters is 7. The molecular formula is C52H63Cl4N4O18+. The number of aromatic nitrogens is 2. The molecule has 0 N–H and O–H groups in total. The van der Waals surface area contributed by atoms with Crippen molar-refractivity contribution < 1.29 is 90.2 Å². The topological polar surface area (TPSA) is 236 Å². The average molecular weight is 1170 g/mol. The second-order valence-corrected chi connectivity index (χ2v) is 19.7. The maximum atomic E-state index is 13.1. The van der Waals surface area contributed by atoms with Gasteiger partial charge in [-0.1, -0.05) is 59.4 Å². The summed E-state index contributed by atoms with van der Waals surface area (Å²) in [6.45, 7) is 12.9. The molecule has 2 aromatic carbocycles. The lowest BCUT2D eigenvalue weighted by molar-refractivity contribution is -0.674. The van der Waals surface area contributed by atoms with Crippen LogP contribution >= 0.6 is 46.4 Å². The van der Waals surface area contributed by atoms with Crippen LogP contribution in [0.5, 0.6) is 0 Å². The predicted octanol–water partition coefficient (Wildman–Crippen LogP) is 6.67. The fourth-order valence-corrected chi connectivity index (χ4v) is 10.3. The Morgan fingerprint density at radius 2 is 1.05 bits per heavy atom. The van der Waals surface area contributed by atoms with Gasteiger partial charge in [0.15, 0.2) is 60.2 Å². The number of hydrogen-bond acceptors (Lipinski definition) is 20. The molecule has 22 nitrogen and oxygen atoms in total. The highest BCUT2D eigenvalue weighted by Gasteiger charge is 2.55. The molecule has 6 rings (SSSR count). The molecule has 4 unspecified atom stereocenters. The number of hydrogen-bond donors (Lipinski definition) is 0. The number of nitrogens with zero attached hydrogens (tertiary/aromatic N) is 4. The Morgan fingerprint density at radius 1 is 0.603 bits per heavy atom. The average Bonchev–Trinajstić information content (AvgIpc) is 3.91. The van der Waals surface area contributed by atoms with Crippen molar-refractivity contribution in [1.29, 1.82) is 0 Å². The first-order chi connectivity index (χ1) is 37.0. The number of anilines is 2. The van der Waals surface area contributed by atoms with Crippen molar-refractivity contribution in [3.8, 4) is 0 Å². The first-order valence-corrected chi connectivity index (χ1v) is 26.5. The molecule has 3 aromatic rings. The first kappa shape index (κ1) is 61.5. The Bertz CT molecular complexity index is 2770. The second kappa shape index (κ2) is 27.4. The number of aryl methyl sites for hydroxylation is 2. The smallest absolute Gasteiger partial charge is 0.339 e. The number of carbonyl (C=O) groups excluding carboxylic acids is 7. The molecule has 0 aliphatic carbocycles. The maximum Gasteiger partial charge on any atom is 0.339 e. The summed E-state index contributed by atoms with van der Waals surface area (Å²) in [5.41, 5.74) is 3.06. The van der Waals surface area contributed by atoms with Crippen molar-refractivity contribution in [3.63, 3.8) is 0 Å². The lowest BCUT2D eigenvalue weighted by Crippen LogP contribution is -2.63. The van der Waals surface area contributed by atoms with Gasteiger partial charge in [0, 0.05) is 84.7 Å². The quantitative estimate of drug-likeness (QED) is 0.0469. The van der Waals surface area contributed by atoms with Gasteiger partial charge in [0.1, 0.15) is 11.9 Å². The van der Waals surface area contributed by atoms with Crippen LogP contribution < -0.4 is 14.4 Å². The highest BCUT2D eigenvalue weighted by molar-refractivity contribution is 6.43. The minimum atomic E-state index is -1.66. The fourth-order valence-electron chi connectivity index (χ4n) is 9.64. The molecule has 26 heteroatoms. The molecule has 3 aliphatic rings. The van der Waals surface area contributed by atoms with E-state index in [0.29, 0.717) is 46.4 Å². The number of halogens is 4. The number of fused-ring (bicyclic) bond motifs is 2. The number of ether oxygens (including phenoxy) is 11. The van der Waals surface area contributed by atoms with Crippen molar-refractivity contribution >= 4 is 117 Å². The largest absolute Gasteiger partial charge is 0.467 e. The van der Waals surface area contributed by atoms with Crippen LogP contribution in [-0.2, 0) is 98.8 Å². The lowest BCUT2D eigenvalue weighted by Gasteiger charge is -2.43. The normalized spacial score (nSPS) is 23.9. The standard InChI is InChI=1S/C52H63Cl4N4O18/c1-11-57-36-22-32(53)33(54)23-37(36)58(12-2)40(57)16-13-17-41-59(18-14-20-70-51-43(73-28(5)62)26(3)42(72-27(4)61)46(77-51)49(66)68-9)38-24-34(55)35(56)25-39(38)60(41)19-15-21-71-52-48(76-31(8)65)45(75-30(7)64)44(74-29(6)63)47(78-52)50(67)69-10/h13,16-17,22-26,42-48,51-52H,11-12,14-15,18-21H2,1-10H3/q+1/t26-,42+,43?,44-,45+,46?,47?,48?,51-,52+/m0/s1.